The summed E-state index contributed by atoms with van der Waals surface area (Å²) in [5.74, 6) is -9.77. The zero-order valence-corrected chi connectivity index (χ0v) is 55.5. The highest BCUT2D eigenvalue weighted by molar-refractivity contribution is 14.1. The summed E-state index contributed by atoms with van der Waals surface area (Å²) in [4.78, 5) is 177. The molecule has 1 heterocycles. The number of hydrogen-bond donors (Lipinski definition) is 13. The first-order chi connectivity index (χ1) is 41.4. The van der Waals surface area contributed by atoms with Crippen LogP contribution in [0.4, 0.5) is 5.69 Å². The Kier molecular flexibility index (Phi) is 24.0. The maximum absolute atomic E-state index is 14.8. The monoisotopic (exact) mass is 1410 g/mol. The largest absolute Gasteiger partial charge is 0.490 e. The predicted molar refractivity (Wildman–Crippen MR) is 338 cm³/mol. The Morgan fingerprint density at radius 2 is 1.10 bits per heavy atom. The SMILES string of the molecule is CC(NC(=O)c1ccc(Br)cc1)C(=O)NC(C)C(=O)NC(C)(C)C(=O)NC(C)C(=O)NC1(C)COc2cccc3c2CC(C(=O)NC(C)C(=O)NC(C)(C)C(=O)NC(C)C(=O)NC(C)C(=O)Nc2ccc(I)cc2)(CC3)NC(=O)C(C)NC(=O)C(C)NC1=O. The Bertz CT molecular complexity index is 3260. The van der Waals surface area contributed by atoms with Crippen LogP contribution in [0.25, 0.3) is 0 Å². The third-order valence-corrected chi connectivity index (χ3v) is 16.2. The lowest BCUT2D eigenvalue weighted by atomic mass is 9.76. The van der Waals surface area contributed by atoms with Gasteiger partial charge in [-0.3, -0.25) is 62.3 Å². The lowest BCUT2D eigenvalue weighted by Gasteiger charge is -2.39. The molecule has 0 radical (unpaired) electrons. The molecule has 10 unspecified atom stereocenters. The van der Waals surface area contributed by atoms with E-state index in [0.29, 0.717) is 22.4 Å². The standard InChI is InChI=1S/C60H79BrIN13O14/c1-29(66-52(84)38-17-19-39(61)20-18-38)44(76)64-33(5)48(80)72-58(11,12)54(86)68-36(8)50(82)74-59(13)28-89-43-16-14-15-37-25-26-60(27-42(37)43,75-51(83)34(6)65-46(78)32(4)69-55(59)87)56(88)70-35(7)49(81)73-57(9,10)53(85)67-31(3)45(77)63-30(2)47(79)71-41-23-21-40(62)22-24-41/h14-24,29-36H,25-28H2,1-13H3,(H,63,77)(H,64,76)(H,65,78)(H,66,84)(H,67,85)(H,68,86)(H,69,87)(H,70,88)(H,71,79)(H,72,80)(H,73,81)(H,74,82)(H,75,83). The van der Waals surface area contributed by atoms with Gasteiger partial charge in [0, 0.05) is 31.3 Å². The van der Waals surface area contributed by atoms with Crippen LogP contribution in [0.2, 0.25) is 0 Å². The van der Waals surface area contributed by atoms with Crippen LogP contribution in [0.1, 0.15) is 118 Å². The predicted octanol–water partition coefficient (Wildman–Crippen LogP) is 0.444. The molecule has 1 aliphatic heterocycles. The lowest BCUT2D eigenvalue weighted by molar-refractivity contribution is -0.139. The molecular formula is C60H79BrIN13O14. The molecule has 0 spiro atoms. The molecule has 1 aliphatic carbocycles. The van der Waals surface area contributed by atoms with Gasteiger partial charge in [0.2, 0.25) is 70.9 Å². The van der Waals surface area contributed by atoms with Crippen molar-refractivity contribution >= 4 is 121 Å². The smallest absolute Gasteiger partial charge is 0.251 e. The molecule has 13 N–H and O–H groups in total. The minimum absolute atomic E-state index is 0.0196. The van der Waals surface area contributed by atoms with Crippen LogP contribution < -0.4 is 73.9 Å². The molecule has 2 aliphatic rings. The quantitative estimate of drug-likeness (QED) is 0.0684. The molecule has 89 heavy (non-hydrogen) atoms. The van der Waals surface area contributed by atoms with Crippen molar-refractivity contribution in [1.82, 2.24) is 63.8 Å². The number of ether oxygens (including phenoxy) is 1. The van der Waals surface area contributed by atoms with Crippen LogP contribution in [0.5, 0.6) is 5.75 Å². The molecule has 3 aromatic rings. The number of carbonyl (C=O) groups is 13. The van der Waals surface area contributed by atoms with Crippen molar-refractivity contribution in [2.75, 3.05) is 11.9 Å². The van der Waals surface area contributed by atoms with Crippen molar-refractivity contribution in [3.63, 3.8) is 0 Å². The van der Waals surface area contributed by atoms with E-state index in [0.717, 1.165) is 8.04 Å². The average molecular weight is 1410 g/mol. The fraction of sp³-hybridized carbons (Fsp3) is 0.483. The number of rotatable bonds is 20. The van der Waals surface area contributed by atoms with Gasteiger partial charge in [-0.2, -0.15) is 0 Å². The molecule has 0 fully saturated rings. The van der Waals surface area contributed by atoms with E-state index in [9.17, 15) is 62.3 Å². The first-order valence-corrected chi connectivity index (χ1v) is 30.5. The first-order valence-electron chi connectivity index (χ1n) is 28.7. The van der Waals surface area contributed by atoms with Crippen LogP contribution in [0.15, 0.2) is 71.2 Å². The van der Waals surface area contributed by atoms with Crippen LogP contribution in [0.3, 0.4) is 0 Å². The number of anilines is 1. The van der Waals surface area contributed by atoms with Gasteiger partial charge < -0.3 is 73.9 Å². The molecule has 0 aromatic heterocycles. The Hall–Kier alpha value is -8.22. The summed E-state index contributed by atoms with van der Waals surface area (Å²) in [6.45, 7) is 17.2. The van der Waals surface area contributed by atoms with Crippen LogP contribution in [-0.4, -0.2) is 154 Å². The third-order valence-electron chi connectivity index (χ3n) is 14.9. The Morgan fingerprint density at radius 3 is 1.66 bits per heavy atom. The van der Waals surface area contributed by atoms with Crippen LogP contribution in [0, 0.1) is 3.57 Å². The van der Waals surface area contributed by atoms with E-state index in [1.54, 1.807) is 66.7 Å². The van der Waals surface area contributed by atoms with Gasteiger partial charge in [0.05, 0.1) is 0 Å². The molecule has 13 amide bonds. The Labute approximate surface area is 537 Å². The second-order valence-corrected chi connectivity index (χ2v) is 25.8. The third kappa shape index (κ3) is 19.1. The second kappa shape index (κ2) is 29.9. The highest BCUT2D eigenvalue weighted by Gasteiger charge is 2.47. The average Bonchev–Trinajstić information content (AvgIpc) is 1.44. The molecular weight excluding hydrogens is 1330 g/mol. The van der Waals surface area contributed by atoms with Gasteiger partial charge in [-0.15, -0.1) is 0 Å². The van der Waals surface area contributed by atoms with Crippen LogP contribution >= 0.6 is 38.5 Å². The van der Waals surface area contributed by atoms with Crippen LogP contribution in [-0.2, 0) is 70.4 Å². The summed E-state index contributed by atoms with van der Waals surface area (Å²) < 4.78 is 8.07. The molecule has 5 rings (SSSR count). The maximum atomic E-state index is 14.8. The summed E-state index contributed by atoms with van der Waals surface area (Å²) in [7, 11) is 0. The molecule has 27 nitrogen and oxygen atoms in total. The minimum atomic E-state index is -2.01. The summed E-state index contributed by atoms with van der Waals surface area (Å²) in [6, 6.07) is 8.67. The molecule has 0 saturated carbocycles. The van der Waals surface area contributed by atoms with Crippen molar-refractivity contribution in [1.29, 1.82) is 0 Å². The van der Waals surface area contributed by atoms with Crippen molar-refractivity contribution in [3.05, 3.63) is 91.5 Å². The van der Waals surface area contributed by atoms with Gasteiger partial charge in [-0.25, -0.2) is 0 Å². The molecule has 10 atom stereocenters. The van der Waals surface area contributed by atoms with Gasteiger partial charge in [0.25, 0.3) is 5.91 Å². The number of benzene rings is 3. The number of fused-ring (bicyclic) bond motifs is 1. The van der Waals surface area contributed by atoms with E-state index in [4.69, 9.17) is 4.74 Å². The second-order valence-electron chi connectivity index (χ2n) is 23.7. The van der Waals surface area contributed by atoms with E-state index >= 15 is 0 Å². The van der Waals surface area contributed by atoms with Crippen molar-refractivity contribution < 1.29 is 67.1 Å². The summed E-state index contributed by atoms with van der Waals surface area (Å²) in [5, 5.41) is 33.7. The van der Waals surface area contributed by atoms with Gasteiger partial charge in [-0.05, 0) is 186 Å². The number of hydrogen-bond acceptors (Lipinski definition) is 14. The van der Waals surface area contributed by atoms with E-state index in [-0.39, 0.29) is 25.0 Å². The summed E-state index contributed by atoms with van der Waals surface area (Å²) in [5.41, 5.74) is -5.27. The van der Waals surface area contributed by atoms with Crippen molar-refractivity contribution in [3.8, 4) is 5.75 Å². The summed E-state index contributed by atoms with van der Waals surface area (Å²) in [6.07, 6.45) is -0.105. The van der Waals surface area contributed by atoms with Gasteiger partial charge in [0.15, 0.2) is 5.54 Å². The number of halogens is 2. The fourth-order valence-corrected chi connectivity index (χ4v) is 9.60. The van der Waals surface area contributed by atoms with E-state index in [2.05, 4.69) is 108 Å². The lowest BCUT2D eigenvalue weighted by Crippen LogP contribution is -2.67. The van der Waals surface area contributed by atoms with E-state index in [1.807, 2.05) is 0 Å². The molecule has 0 saturated heterocycles. The molecule has 29 heteroatoms. The van der Waals surface area contributed by atoms with E-state index < -0.39 is 154 Å². The number of amides is 13. The summed E-state index contributed by atoms with van der Waals surface area (Å²) >= 11 is 5.42. The Morgan fingerprint density at radius 1 is 0.607 bits per heavy atom. The Balaban J connectivity index is 1.26. The number of nitrogens with one attached hydrogen (secondary N) is 13. The fourth-order valence-electron chi connectivity index (χ4n) is 8.98. The highest BCUT2D eigenvalue weighted by Crippen LogP contribution is 2.36. The molecule has 3 aromatic carbocycles. The normalized spacial score (nSPS) is 20.6. The van der Waals surface area contributed by atoms with Gasteiger partial charge >= 0.3 is 0 Å². The topological polar surface area (TPSA) is 388 Å². The number of aryl methyl sites for hydroxylation is 1. The highest BCUT2D eigenvalue weighted by atomic mass is 127. The number of carbonyl (C=O) groups excluding carboxylic acids is 13. The van der Waals surface area contributed by atoms with Crippen molar-refractivity contribution in [2.24, 2.45) is 0 Å². The van der Waals surface area contributed by atoms with E-state index in [1.165, 1.54) is 90.0 Å². The minimum Gasteiger partial charge on any atom is -0.490 e. The maximum Gasteiger partial charge on any atom is 0.251 e. The van der Waals surface area contributed by atoms with Crippen molar-refractivity contribution in [2.45, 2.75) is 180 Å². The first kappa shape index (κ1) is 71.5. The zero-order chi connectivity index (χ0) is 66.7. The van der Waals surface area contributed by atoms with Gasteiger partial charge in [-0.1, -0.05) is 28.1 Å². The molecule has 2 bridgehead atoms. The zero-order valence-electron chi connectivity index (χ0n) is 51.8. The van der Waals surface area contributed by atoms with Gasteiger partial charge in [0.1, 0.15) is 77.3 Å². The molecule has 482 valence electrons.